The molecule has 1 aliphatic rings. The van der Waals surface area contributed by atoms with Crippen LogP contribution in [-0.4, -0.2) is 49.1 Å². The number of rotatable bonds is 3. The fraction of sp³-hybridized carbons (Fsp3) is 0.923. The molecule has 7 heteroatoms. The molecule has 1 amide bonds. The highest BCUT2D eigenvalue weighted by molar-refractivity contribution is 7.92. The topological polar surface area (TPSA) is 63.7 Å². The molecular weight excluding hydrogens is 302 g/mol. The molecule has 0 saturated carbocycles. The Balaban J connectivity index is 2.42. The zero-order valence-corrected chi connectivity index (χ0v) is 14.1. The van der Waals surface area contributed by atoms with Crippen molar-refractivity contribution in [2.45, 2.75) is 50.3 Å². The van der Waals surface area contributed by atoms with Gasteiger partial charge in [0.15, 0.2) is 9.84 Å². The van der Waals surface area contributed by atoms with Crippen molar-refractivity contribution in [1.82, 2.24) is 4.90 Å². The molecule has 0 aromatic carbocycles. The smallest absolute Gasteiger partial charge is 0.410 e. The first-order chi connectivity index (χ1) is 8.99. The molecule has 0 N–H and O–H groups in total. The average molecular weight is 326 g/mol. The molecule has 0 aromatic rings. The average Bonchev–Trinajstić information content (AvgIpc) is 2.26. The molecule has 1 unspecified atom stereocenters. The first-order valence-corrected chi connectivity index (χ1v) is 9.19. The molecular formula is C13H24ClNO4S. The number of amides is 1. The minimum absolute atomic E-state index is 0.242. The minimum atomic E-state index is -3.20. The summed E-state index contributed by atoms with van der Waals surface area (Å²) in [6.45, 7) is 6.69. The van der Waals surface area contributed by atoms with Crippen molar-refractivity contribution in [3.63, 3.8) is 0 Å². The highest BCUT2D eigenvalue weighted by Gasteiger charge is 2.29. The predicted octanol–water partition coefficient (Wildman–Crippen LogP) is 2.63. The van der Waals surface area contributed by atoms with Crippen LogP contribution < -0.4 is 0 Å². The molecule has 0 spiro atoms. The normalized spacial score (nSPS) is 19.8. The number of alkyl halides is 1. The van der Waals surface area contributed by atoms with Crippen LogP contribution in [0.4, 0.5) is 4.79 Å². The summed E-state index contributed by atoms with van der Waals surface area (Å²) < 4.78 is 27.1. The SMILES string of the molecule is CC(C)(C)OC(=O)N1CCC(CC(Cl)S(C)(=O)=O)CC1. The van der Waals surface area contributed by atoms with Crippen molar-refractivity contribution in [3.05, 3.63) is 0 Å². The quantitative estimate of drug-likeness (QED) is 0.748. The maximum atomic E-state index is 11.9. The molecule has 1 rings (SSSR count). The second kappa shape index (κ2) is 6.52. The van der Waals surface area contributed by atoms with Crippen molar-refractivity contribution >= 4 is 27.5 Å². The van der Waals surface area contributed by atoms with Crippen LogP contribution in [0.1, 0.15) is 40.0 Å². The number of hydrogen-bond donors (Lipinski definition) is 0. The number of nitrogens with zero attached hydrogens (tertiary/aromatic N) is 1. The van der Waals surface area contributed by atoms with Gasteiger partial charge >= 0.3 is 6.09 Å². The van der Waals surface area contributed by atoms with Crippen LogP contribution in [0.25, 0.3) is 0 Å². The molecule has 0 aliphatic carbocycles. The van der Waals surface area contributed by atoms with Crippen LogP contribution in [0.15, 0.2) is 0 Å². The standard InChI is InChI=1S/C13H24ClNO4S/c1-13(2,3)19-12(16)15-7-5-10(6-8-15)9-11(14)20(4,17)18/h10-11H,5-9H2,1-4H3. The number of sulfone groups is 1. The third kappa shape index (κ3) is 5.87. The van der Waals surface area contributed by atoms with Gasteiger partial charge in [0.2, 0.25) is 0 Å². The van der Waals surface area contributed by atoms with Gasteiger partial charge in [-0.2, -0.15) is 0 Å². The first kappa shape index (κ1) is 17.6. The van der Waals surface area contributed by atoms with Gasteiger partial charge in [-0.15, -0.1) is 11.6 Å². The Morgan fingerprint density at radius 3 is 2.25 bits per heavy atom. The van der Waals surface area contributed by atoms with Gasteiger partial charge in [-0.25, -0.2) is 13.2 Å². The lowest BCUT2D eigenvalue weighted by Gasteiger charge is -2.33. The summed E-state index contributed by atoms with van der Waals surface area (Å²) >= 11 is 5.88. The summed E-state index contributed by atoms with van der Waals surface area (Å²) in [4.78, 5) is 13.6. The number of carbonyl (C=O) groups excluding carboxylic acids is 1. The molecule has 0 radical (unpaired) electrons. The van der Waals surface area contributed by atoms with Crippen molar-refractivity contribution in [2.75, 3.05) is 19.3 Å². The van der Waals surface area contributed by atoms with E-state index in [1.54, 1.807) is 4.90 Å². The fourth-order valence-corrected chi connectivity index (χ4v) is 2.99. The zero-order chi connectivity index (χ0) is 15.6. The summed E-state index contributed by atoms with van der Waals surface area (Å²) in [6, 6.07) is 0. The molecule has 0 aromatic heterocycles. The van der Waals surface area contributed by atoms with Gasteiger partial charge in [0.05, 0.1) is 0 Å². The van der Waals surface area contributed by atoms with Crippen molar-refractivity contribution in [3.8, 4) is 0 Å². The zero-order valence-electron chi connectivity index (χ0n) is 12.6. The summed E-state index contributed by atoms with van der Waals surface area (Å²) in [6.07, 6.45) is 2.82. The number of carbonyl (C=O) groups is 1. The molecule has 5 nitrogen and oxygen atoms in total. The fourth-order valence-electron chi connectivity index (χ4n) is 2.11. The molecule has 0 bridgehead atoms. The van der Waals surface area contributed by atoms with Crippen molar-refractivity contribution in [1.29, 1.82) is 0 Å². The van der Waals surface area contributed by atoms with E-state index in [0.29, 0.717) is 19.5 Å². The van der Waals surface area contributed by atoms with E-state index in [-0.39, 0.29) is 12.0 Å². The third-order valence-corrected chi connectivity index (χ3v) is 5.52. The number of hydrogen-bond acceptors (Lipinski definition) is 4. The van der Waals surface area contributed by atoms with E-state index in [0.717, 1.165) is 19.1 Å². The van der Waals surface area contributed by atoms with E-state index in [1.807, 2.05) is 20.8 Å². The Morgan fingerprint density at radius 1 is 1.35 bits per heavy atom. The van der Waals surface area contributed by atoms with Crippen LogP contribution in [0.3, 0.4) is 0 Å². The monoisotopic (exact) mass is 325 g/mol. The molecule has 1 fully saturated rings. The molecule has 20 heavy (non-hydrogen) atoms. The van der Waals surface area contributed by atoms with Gasteiger partial charge in [-0.05, 0) is 46.0 Å². The third-order valence-electron chi connectivity index (χ3n) is 3.25. The van der Waals surface area contributed by atoms with Gasteiger partial charge in [-0.3, -0.25) is 0 Å². The van der Waals surface area contributed by atoms with E-state index >= 15 is 0 Å². The second-order valence-corrected chi connectivity index (χ2v) is 9.40. The highest BCUT2D eigenvalue weighted by atomic mass is 35.5. The molecule has 1 atom stereocenters. The number of ether oxygens (including phenoxy) is 1. The van der Waals surface area contributed by atoms with E-state index in [4.69, 9.17) is 16.3 Å². The lowest BCUT2D eigenvalue weighted by atomic mass is 9.94. The van der Waals surface area contributed by atoms with Crippen LogP contribution >= 0.6 is 11.6 Å². The van der Waals surface area contributed by atoms with Gasteiger partial charge in [-0.1, -0.05) is 0 Å². The summed E-state index contributed by atoms with van der Waals surface area (Å²) in [5.74, 6) is 0.242. The van der Waals surface area contributed by atoms with Crippen LogP contribution in [0, 0.1) is 5.92 Å². The number of halogens is 1. The first-order valence-electron chi connectivity index (χ1n) is 6.80. The lowest BCUT2D eigenvalue weighted by Crippen LogP contribution is -2.42. The summed E-state index contributed by atoms with van der Waals surface area (Å²) in [7, 11) is -3.20. The van der Waals surface area contributed by atoms with E-state index in [2.05, 4.69) is 0 Å². The van der Waals surface area contributed by atoms with Gasteiger partial charge in [0.1, 0.15) is 10.3 Å². The van der Waals surface area contributed by atoms with E-state index in [1.165, 1.54) is 0 Å². The molecule has 1 heterocycles. The van der Waals surface area contributed by atoms with Gasteiger partial charge in [0, 0.05) is 19.3 Å². The molecule has 118 valence electrons. The Bertz CT molecular complexity index is 436. The van der Waals surface area contributed by atoms with E-state index in [9.17, 15) is 13.2 Å². The minimum Gasteiger partial charge on any atom is -0.444 e. The van der Waals surface area contributed by atoms with E-state index < -0.39 is 20.1 Å². The van der Waals surface area contributed by atoms with Crippen LogP contribution in [0.2, 0.25) is 0 Å². The largest absolute Gasteiger partial charge is 0.444 e. The summed E-state index contributed by atoms with van der Waals surface area (Å²) in [5.41, 5.74) is -0.495. The van der Waals surface area contributed by atoms with Gasteiger partial charge < -0.3 is 9.64 Å². The second-order valence-electron chi connectivity index (χ2n) is 6.39. The van der Waals surface area contributed by atoms with Crippen molar-refractivity contribution in [2.24, 2.45) is 5.92 Å². The van der Waals surface area contributed by atoms with Crippen LogP contribution in [-0.2, 0) is 14.6 Å². The highest BCUT2D eigenvalue weighted by Crippen LogP contribution is 2.26. The maximum absolute atomic E-state index is 11.9. The molecule has 1 saturated heterocycles. The molecule has 1 aliphatic heterocycles. The Morgan fingerprint density at radius 2 is 1.85 bits per heavy atom. The Hall–Kier alpha value is -0.490. The van der Waals surface area contributed by atoms with Crippen molar-refractivity contribution < 1.29 is 17.9 Å². The lowest BCUT2D eigenvalue weighted by molar-refractivity contribution is 0.0182. The number of piperidine rings is 1. The number of likely N-dealkylation sites (tertiary alicyclic amines) is 1. The Labute approximate surface area is 126 Å². The van der Waals surface area contributed by atoms with Crippen LogP contribution in [0.5, 0.6) is 0 Å². The summed E-state index contributed by atoms with van der Waals surface area (Å²) in [5, 5.41) is 0. The van der Waals surface area contributed by atoms with Gasteiger partial charge in [0.25, 0.3) is 0 Å². The Kier molecular flexibility index (Phi) is 5.72. The predicted molar refractivity (Wildman–Crippen MR) is 79.6 cm³/mol. The maximum Gasteiger partial charge on any atom is 0.410 e.